The van der Waals surface area contributed by atoms with Gasteiger partial charge in [-0.2, -0.15) is 0 Å². The fourth-order valence-electron chi connectivity index (χ4n) is 8.27. The third-order valence-electron chi connectivity index (χ3n) is 12.7. The first-order chi connectivity index (χ1) is 33.4. The zero-order valence-corrected chi connectivity index (χ0v) is 44.0. The second-order valence-corrected chi connectivity index (χ2v) is 20.5. The van der Waals surface area contributed by atoms with E-state index >= 15 is 0 Å². The Morgan fingerprint density at radius 1 is 0.449 bits per heavy atom. The van der Waals surface area contributed by atoms with E-state index < -0.39 is 75.7 Å². The fraction of sp³-hybridized carbons (Fsp3) is 0.818. The number of phosphoric acid groups is 1. The lowest BCUT2D eigenvalue weighted by Gasteiger charge is -2.41. The van der Waals surface area contributed by atoms with E-state index in [0.29, 0.717) is 12.8 Å². The van der Waals surface area contributed by atoms with Crippen molar-refractivity contribution in [2.45, 2.75) is 275 Å². The quantitative estimate of drug-likeness (QED) is 0.0145. The van der Waals surface area contributed by atoms with E-state index in [4.69, 9.17) is 18.5 Å². The third-order valence-corrected chi connectivity index (χ3v) is 13.7. The van der Waals surface area contributed by atoms with E-state index in [2.05, 4.69) is 62.5 Å². The van der Waals surface area contributed by atoms with Crippen molar-refractivity contribution in [1.82, 2.24) is 0 Å². The minimum atomic E-state index is -5.13. The van der Waals surface area contributed by atoms with Crippen LogP contribution in [0, 0.1) is 0 Å². The summed E-state index contributed by atoms with van der Waals surface area (Å²) in [5.74, 6) is -1.13. The van der Waals surface area contributed by atoms with E-state index in [-0.39, 0.29) is 12.8 Å². The number of carbonyl (C=O) groups excluding carboxylic acids is 2. The van der Waals surface area contributed by atoms with Crippen LogP contribution in [-0.2, 0) is 32.7 Å². The zero-order valence-electron chi connectivity index (χ0n) is 43.1. The normalized spacial score (nSPS) is 21.2. The summed E-state index contributed by atoms with van der Waals surface area (Å²) in [6, 6.07) is 0. The third kappa shape index (κ3) is 36.4. The Kier molecular flexibility index (Phi) is 41.8. The van der Waals surface area contributed by atoms with Gasteiger partial charge >= 0.3 is 19.8 Å². The maximum absolute atomic E-state index is 12.9. The fourth-order valence-corrected chi connectivity index (χ4v) is 9.25. The maximum atomic E-state index is 12.9. The summed E-state index contributed by atoms with van der Waals surface area (Å²) in [6.07, 6.45) is 41.6. The molecule has 402 valence electrons. The molecule has 1 fully saturated rings. The molecule has 0 aliphatic heterocycles. The lowest BCUT2D eigenvalue weighted by atomic mass is 9.85. The highest BCUT2D eigenvalue weighted by Crippen LogP contribution is 2.47. The molecule has 0 radical (unpaired) electrons. The van der Waals surface area contributed by atoms with Crippen molar-refractivity contribution >= 4 is 19.8 Å². The molecular weight excluding hydrogens is 900 g/mol. The Labute approximate surface area is 418 Å². The first-order valence-corrected chi connectivity index (χ1v) is 28.9. The molecule has 1 aliphatic rings. The number of hydrogen-bond donors (Lipinski definition) is 6. The van der Waals surface area contributed by atoms with Crippen molar-refractivity contribution < 1.29 is 63.1 Å². The van der Waals surface area contributed by atoms with Gasteiger partial charge in [-0.1, -0.05) is 210 Å². The van der Waals surface area contributed by atoms with Crippen molar-refractivity contribution in [3.8, 4) is 0 Å². The molecule has 1 saturated carbocycles. The van der Waals surface area contributed by atoms with E-state index in [1.807, 2.05) is 0 Å². The number of esters is 2. The minimum Gasteiger partial charge on any atom is -0.462 e. The van der Waals surface area contributed by atoms with Crippen LogP contribution in [0.25, 0.3) is 0 Å². The molecule has 13 nitrogen and oxygen atoms in total. The van der Waals surface area contributed by atoms with Crippen molar-refractivity contribution in [1.29, 1.82) is 0 Å². The number of aliphatic hydroxyl groups is 5. The molecule has 1 aliphatic carbocycles. The van der Waals surface area contributed by atoms with Crippen molar-refractivity contribution in [2.24, 2.45) is 0 Å². The highest BCUT2D eigenvalue weighted by molar-refractivity contribution is 7.47. The molecule has 0 aromatic carbocycles. The monoisotopic (exact) mass is 999 g/mol. The number of unbranched alkanes of at least 4 members (excludes halogenated alkanes) is 26. The second kappa shape index (κ2) is 44.5. The molecule has 69 heavy (non-hydrogen) atoms. The summed E-state index contributed by atoms with van der Waals surface area (Å²) >= 11 is 0. The van der Waals surface area contributed by atoms with E-state index in [9.17, 15) is 44.6 Å². The van der Waals surface area contributed by atoms with Crippen molar-refractivity contribution in [2.75, 3.05) is 13.2 Å². The SMILES string of the molecule is CCCCC/C=C/C/C=C/C/C=C/C/C=C/CCCCCC(=O)O[C@@H](COC(=O)CCCCCCCCCCCCCCCCCCCCCCC)COP(=O)(O)OC1C(O)C(O)C(O)[C@H](O)C1O. The predicted molar refractivity (Wildman–Crippen MR) is 276 cm³/mol. The average Bonchev–Trinajstić information content (AvgIpc) is 3.33. The summed E-state index contributed by atoms with van der Waals surface area (Å²) < 4.78 is 33.7. The second-order valence-electron chi connectivity index (χ2n) is 19.1. The van der Waals surface area contributed by atoms with Gasteiger partial charge in [0.15, 0.2) is 6.10 Å². The Morgan fingerprint density at radius 3 is 1.22 bits per heavy atom. The number of phosphoric ester groups is 1. The van der Waals surface area contributed by atoms with Gasteiger partial charge in [0.05, 0.1) is 6.61 Å². The van der Waals surface area contributed by atoms with Crippen LogP contribution in [0.2, 0.25) is 0 Å². The van der Waals surface area contributed by atoms with Crippen molar-refractivity contribution in [3.63, 3.8) is 0 Å². The molecule has 0 amide bonds. The van der Waals surface area contributed by atoms with Gasteiger partial charge < -0.3 is 39.9 Å². The van der Waals surface area contributed by atoms with Gasteiger partial charge in [0.2, 0.25) is 0 Å². The van der Waals surface area contributed by atoms with Crippen LogP contribution in [0.1, 0.15) is 232 Å². The molecular formula is C55H99O13P. The number of aliphatic hydroxyl groups excluding tert-OH is 5. The first kappa shape index (κ1) is 64.8. The lowest BCUT2D eigenvalue weighted by molar-refractivity contribution is -0.220. The van der Waals surface area contributed by atoms with Gasteiger partial charge in [-0.15, -0.1) is 0 Å². The number of ether oxygens (including phenoxy) is 2. The number of hydrogen-bond acceptors (Lipinski definition) is 12. The molecule has 0 aromatic heterocycles. The topological polar surface area (TPSA) is 210 Å². The summed E-state index contributed by atoms with van der Waals surface area (Å²) in [6.45, 7) is 3.29. The summed E-state index contributed by atoms with van der Waals surface area (Å²) in [5.41, 5.74) is 0. The highest BCUT2D eigenvalue weighted by atomic mass is 31.2. The molecule has 0 aromatic rings. The number of rotatable bonds is 46. The molecule has 0 spiro atoms. The molecule has 6 N–H and O–H groups in total. The first-order valence-electron chi connectivity index (χ1n) is 27.4. The Hall–Kier alpha value is -2.19. The van der Waals surface area contributed by atoms with Crippen LogP contribution in [0.4, 0.5) is 0 Å². The van der Waals surface area contributed by atoms with Crippen LogP contribution in [-0.4, -0.2) is 98.3 Å². The van der Waals surface area contributed by atoms with E-state index in [1.54, 1.807) is 0 Å². The van der Waals surface area contributed by atoms with Gasteiger partial charge in [0.25, 0.3) is 0 Å². The summed E-state index contributed by atoms with van der Waals surface area (Å²) in [7, 11) is -5.13. The van der Waals surface area contributed by atoms with Gasteiger partial charge in [0, 0.05) is 12.8 Å². The molecule has 0 saturated heterocycles. The van der Waals surface area contributed by atoms with Gasteiger partial charge in [-0.05, 0) is 57.8 Å². The Balaban J connectivity index is 2.38. The molecule has 8 atom stereocenters. The Morgan fingerprint density at radius 2 is 0.783 bits per heavy atom. The smallest absolute Gasteiger partial charge is 0.462 e. The lowest BCUT2D eigenvalue weighted by Crippen LogP contribution is -2.64. The van der Waals surface area contributed by atoms with Crippen LogP contribution in [0.5, 0.6) is 0 Å². The number of allylic oxidation sites excluding steroid dienone is 8. The molecule has 14 heteroatoms. The zero-order chi connectivity index (χ0) is 50.6. The van der Waals surface area contributed by atoms with Gasteiger partial charge in [-0.3, -0.25) is 18.6 Å². The molecule has 0 heterocycles. The molecule has 6 unspecified atom stereocenters. The van der Waals surface area contributed by atoms with Crippen LogP contribution in [0.3, 0.4) is 0 Å². The predicted octanol–water partition coefficient (Wildman–Crippen LogP) is 12.3. The molecule has 0 bridgehead atoms. The Bertz CT molecular complexity index is 1390. The standard InChI is InChI=1S/C55H99O13P/c1-3-5-7-9-11-13-15-17-19-21-23-24-26-27-29-31-33-35-37-39-41-43-48(56)65-45-47(46-66-69(63,64)68-55-53(61)51(59)50(58)52(60)54(55)62)67-49(57)44-42-40-38-36-34-32-30-28-25-22-20-18-16-14-12-10-8-6-4-2/h12,14,18,20,25,28,32,34,47,50-55,58-62H,3-11,13,15-17,19,21-24,26-27,29-31,33,35-46H2,1-2H3,(H,63,64)/b14-12+,20-18+,28-25+,34-32+/t47-,50?,51-,52?,53?,54?,55?/m0/s1. The van der Waals surface area contributed by atoms with Crippen LogP contribution < -0.4 is 0 Å². The molecule has 1 rings (SSSR count). The van der Waals surface area contributed by atoms with Crippen LogP contribution >= 0.6 is 7.82 Å². The largest absolute Gasteiger partial charge is 0.472 e. The summed E-state index contributed by atoms with van der Waals surface area (Å²) in [5, 5.41) is 50.3. The number of carbonyl (C=O) groups is 2. The summed E-state index contributed by atoms with van der Waals surface area (Å²) in [4.78, 5) is 35.9. The van der Waals surface area contributed by atoms with E-state index in [1.165, 1.54) is 128 Å². The average molecular weight is 999 g/mol. The minimum absolute atomic E-state index is 0.0599. The van der Waals surface area contributed by atoms with Crippen molar-refractivity contribution in [3.05, 3.63) is 48.6 Å². The van der Waals surface area contributed by atoms with Crippen LogP contribution in [0.15, 0.2) is 48.6 Å². The van der Waals surface area contributed by atoms with Gasteiger partial charge in [0.1, 0.15) is 43.2 Å². The van der Waals surface area contributed by atoms with E-state index in [0.717, 1.165) is 64.2 Å². The van der Waals surface area contributed by atoms with Gasteiger partial charge in [-0.25, -0.2) is 4.57 Å². The highest BCUT2D eigenvalue weighted by Gasteiger charge is 2.51. The maximum Gasteiger partial charge on any atom is 0.472 e.